The lowest BCUT2D eigenvalue weighted by Crippen LogP contribution is -2.53. The third-order valence-corrected chi connectivity index (χ3v) is 3.55. The van der Waals surface area contributed by atoms with Gasteiger partial charge < -0.3 is 16.4 Å². The minimum absolute atomic E-state index is 0.0457. The summed E-state index contributed by atoms with van der Waals surface area (Å²) >= 11 is 0. The summed E-state index contributed by atoms with van der Waals surface area (Å²) in [4.78, 5) is 35.3. The number of nitrogens with zero attached hydrogens (tertiary/aromatic N) is 1. The predicted octanol–water partition coefficient (Wildman–Crippen LogP) is 0.393. The smallest absolute Gasteiger partial charge is 0.243 e. The summed E-state index contributed by atoms with van der Waals surface area (Å²) in [5.41, 5.74) is 5.50. The molecule has 134 valence electrons. The highest BCUT2D eigenvalue weighted by atomic mass is 19.1. The van der Waals surface area contributed by atoms with Crippen LogP contribution in [0.3, 0.4) is 0 Å². The number of nitrogens with two attached hydrogens (primary N) is 1. The second kappa shape index (κ2) is 9.37. The maximum Gasteiger partial charge on any atom is 0.243 e. The van der Waals surface area contributed by atoms with Crippen LogP contribution in [0.4, 0.5) is 4.39 Å². The van der Waals surface area contributed by atoms with E-state index in [1.54, 1.807) is 13.0 Å². The van der Waals surface area contributed by atoms with Crippen LogP contribution in [0.1, 0.15) is 25.8 Å². The molecule has 0 aliphatic heterocycles. The Balaban J connectivity index is 2.92. The van der Waals surface area contributed by atoms with Gasteiger partial charge in [-0.15, -0.1) is 0 Å². The van der Waals surface area contributed by atoms with Gasteiger partial charge in [0.05, 0.1) is 6.07 Å². The van der Waals surface area contributed by atoms with Crippen LogP contribution in [0, 0.1) is 23.1 Å². The van der Waals surface area contributed by atoms with E-state index in [-0.39, 0.29) is 18.4 Å². The summed E-state index contributed by atoms with van der Waals surface area (Å²) in [5.74, 6) is -2.94. The van der Waals surface area contributed by atoms with Gasteiger partial charge >= 0.3 is 0 Å². The van der Waals surface area contributed by atoms with Crippen molar-refractivity contribution < 1.29 is 18.8 Å². The number of carbonyl (C=O) groups is 3. The molecule has 0 saturated heterocycles. The summed E-state index contributed by atoms with van der Waals surface area (Å²) in [7, 11) is 0. The minimum atomic E-state index is -1.08. The lowest BCUT2D eigenvalue weighted by molar-refractivity contribution is -0.131. The molecule has 0 saturated carbocycles. The Labute approximate surface area is 145 Å². The zero-order chi connectivity index (χ0) is 19.0. The first-order valence-electron chi connectivity index (χ1n) is 7.74. The maximum absolute atomic E-state index is 13.8. The molecule has 0 fully saturated rings. The number of rotatable bonds is 8. The van der Waals surface area contributed by atoms with Crippen LogP contribution < -0.4 is 16.4 Å². The topological polar surface area (TPSA) is 125 Å². The van der Waals surface area contributed by atoms with Gasteiger partial charge in [-0.25, -0.2) is 4.39 Å². The molecule has 0 unspecified atom stereocenters. The van der Waals surface area contributed by atoms with Gasteiger partial charge in [0.1, 0.15) is 17.9 Å². The van der Waals surface area contributed by atoms with Crippen molar-refractivity contribution in [1.29, 1.82) is 5.26 Å². The van der Waals surface area contributed by atoms with Gasteiger partial charge in [-0.3, -0.25) is 14.4 Å². The highest BCUT2D eigenvalue weighted by molar-refractivity contribution is 5.91. The van der Waals surface area contributed by atoms with Crippen LogP contribution in [-0.2, 0) is 20.8 Å². The molecule has 0 heterocycles. The van der Waals surface area contributed by atoms with E-state index >= 15 is 0 Å². The fraction of sp³-hybridized carbons (Fsp3) is 0.412. The molecule has 1 aromatic rings. The Bertz CT molecular complexity index is 687. The second-order valence-corrected chi connectivity index (χ2v) is 5.78. The Kier molecular flexibility index (Phi) is 7.53. The van der Waals surface area contributed by atoms with Crippen molar-refractivity contribution in [3.63, 3.8) is 0 Å². The summed E-state index contributed by atoms with van der Waals surface area (Å²) in [5, 5.41) is 13.7. The normalized spacial score (nSPS) is 13.8. The molecule has 1 rings (SSSR count). The number of carbonyl (C=O) groups excluding carboxylic acids is 3. The SMILES string of the molecule is CC(=O)N[C@H](Cc1ccccc1F)C(=O)N[C@H](C[C@H](C)C#N)C(N)=O. The molecule has 7 nitrogen and oxygen atoms in total. The van der Waals surface area contributed by atoms with E-state index in [1.165, 1.54) is 25.1 Å². The van der Waals surface area contributed by atoms with Crippen LogP contribution >= 0.6 is 0 Å². The van der Waals surface area contributed by atoms with Gasteiger partial charge in [-0.1, -0.05) is 18.2 Å². The largest absolute Gasteiger partial charge is 0.368 e. The number of halogens is 1. The number of amides is 3. The molecule has 1 aromatic carbocycles. The molecular formula is C17H21FN4O3. The zero-order valence-electron chi connectivity index (χ0n) is 14.1. The predicted molar refractivity (Wildman–Crippen MR) is 88.2 cm³/mol. The monoisotopic (exact) mass is 348 g/mol. The van der Waals surface area contributed by atoms with Crippen LogP contribution in [0.25, 0.3) is 0 Å². The van der Waals surface area contributed by atoms with Gasteiger partial charge in [0, 0.05) is 19.3 Å². The quantitative estimate of drug-likeness (QED) is 0.628. The van der Waals surface area contributed by atoms with Gasteiger partial charge in [0.15, 0.2) is 0 Å². The van der Waals surface area contributed by atoms with Crippen LogP contribution in [0.15, 0.2) is 24.3 Å². The summed E-state index contributed by atoms with van der Waals surface area (Å²) < 4.78 is 13.8. The lowest BCUT2D eigenvalue weighted by Gasteiger charge is -2.22. The number of nitriles is 1. The van der Waals surface area contributed by atoms with Crippen molar-refractivity contribution in [3.8, 4) is 6.07 Å². The van der Waals surface area contributed by atoms with Crippen molar-refractivity contribution >= 4 is 17.7 Å². The summed E-state index contributed by atoms with van der Waals surface area (Å²) in [6.07, 6.45) is -0.0402. The zero-order valence-corrected chi connectivity index (χ0v) is 14.1. The highest BCUT2D eigenvalue weighted by Gasteiger charge is 2.27. The number of hydrogen-bond acceptors (Lipinski definition) is 4. The molecule has 0 aliphatic carbocycles. The van der Waals surface area contributed by atoms with E-state index in [9.17, 15) is 18.8 Å². The summed E-state index contributed by atoms with van der Waals surface area (Å²) in [6.45, 7) is 2.82. The molecule has 4 N–H and O–H groups in total. The molecule has 3 atom stereocenters. The Morgan fingerprint density at radius 2 is 1.88 bits per heavy atom. The summed E-state index contributed by atoms with van der Waals surface area (Å²) in [6, 6.07) is 5.70. The number of nitrogens with one attached hydrogen (secondary N) is 2. The van der Waals surface area contributed by atoms with Gasteiger partial charge in [-0.2, -0.15) is 5.26 Å². The molecule has 3 amide bonds. The van der Waals surface area contributed by atoms with Crippen molar-refractivity contribution in [2.24, 2.45) is 11.7 Å². The molecule has 0 aliphatic rings. The van der Waals surface area contributed by atoms with Gasteiger partial charge in [-0.05, 0) is 25.0 Å². The Hall–Kier alpha value is -2.95. The number of primary amides is 1. The molecule has 0 bridgehead atoms. The van der Waals surface area contributed by atoms with Gasteiger partial charge in [0.2, 0.25) is 17.7 Å². The Morgan fingerprint density at radius 1 is 1.24 bits per heavy atom. The van der Waals surface area contributed by atoms with Crippen molar-refractivity contribution in [2.75, 3.05) is 0 Å². The van der Waals surface area contributed by atoms with E-state index in [4.69, 9.17) is 11.0 Å². The molecule has 0 aromatic heterocycles. The van der Waals surface area contributed by atoms with E-state index in [0.29, 0.717) is 0 Å². The highest BCUT2D eigenvalue weighted by Crippen LogP contribution is 2.10. The van der Waals surface area contributed by atoms with Gasteiger partial charge in [0.25, 0.3) is 0 Å². The molecular weight excluding hydrogens is 327 g/mol. The van der Waals surface area contributed by atoms with Crippen molar-refractivity contribution in [3.05, 3.63) is 35.6 Å². The molecule has 0 radical (unpaired) electrons. The third-order valence-electron chi connectivity index (χ3n) is 3.55. The average Bonchev–Trinajstić information content (AvgIpc) is 2.54. The van der Waals surface area contributed by atoms with E-state index in [0.717, 1.165) is 0 Å². The fourth-order valence-electron chi connectivity index (χ4n) is 2.26. The van der Waals surface area contributed by atoms with E-state index in [1.807, 2.05) is 6.07 Å². The molecule has 25 heavy (non-hydrogen) atoms. The number of benzene rings is 1. The van der Waals surface area contributed by atoms with Crippen LogP contribution in [0.2, 0.25) is 0 Å². The fourth-order valence-corrected chi connectivity index (χ4v) is 2.26. The van der Waals surface area contributed by atoms with E-state index in [2.05, 4.69) is 10.6 Å². The lowest BCUT2D eigenvalue weighted by atomic mass is 10.0. The minimum Gasteiger partial charge on any atom is -0.368 e. The Morgan fingerprint density at radius 3 is 2.40 bits per heavy atom. The first-order valence-corrected chi connectivity index (χ1v) is 7.74. The van der Waals surface area contributed by atoms with Crippen LogP contribution in [-0.4, -0.2) is 29.8 Å². The first-order chi connectivity index (χ1) is 11.7. The first kappa shape index (κ1) is 20.1. The standard InChI is InChI=1S/C17H21FN4O3/c1-10(9-19)7-14(16(20)24)22-17(25)15(21-11(2)23)8-12-5-3-4-6-13(12)18/h3-6,10,14-15H,7-8H2,1-2H3,(H2,20,24)(H,21,23)(H,22,25)/t10-,14+,15+/m0/s1. The number of hydrogen-bond donors (Lipinski definition) is 3. The van der Waals surface area contributed by atoms with Crippen molar-refractivity contribution in [2.45, 2.75) is 38.8 Å². The van der Waals surface area contributed by atoms with Crippen molar-refractivity contribution in [1.82, 2.24) is 10.6 Å². The van der Waals surface area contributed by atoms with Crippen LogP contribution in [0.5, 0.6) is 0 Å². The van der Waals surface area contributed by atoms with E-state index < -0.39 is 41.5 Å². The molecule has 0 spiro atoms. The average molecular weight is 348 g/mol. The second-order valence-electron chi connectivity index (χ2n) is 5.78. The maximum atomic E-state index is 13.8. The third kappa shape index (κ3) is 6.59. The molecule has 8 heteroatoms.